The van der Waals surface area contributed by atoms with Gasteiger partial charge in [-0.3, -0.25) is 4.79 Å². The molecular weight excluding hydrogens is 160 g/mol. The predicted molar refractivity (Wildman–Crippen MR) is 42.7 cm³/mol. The predicted octanol–water partition coefficient (Wildman–Crippen LogP) is 0.437. The Hall–Kier alpha value is -0.900. The second-order valence-corrected chi connectivity index (χ2v) is 2.99. The molecule has 4 nitrogen and oxygen atoms in total. The van der Waals surface area contributed by atoms with Crippen LogP contribution in [0, 0.1) is 5.92 Å². The van der Waals surface area contributed by atoms with Crippen molar-refractivity contribution in [2.24, 2.45) is 5.92 Å². The lowest BCUT2D eigenvalue weighted by atomic mass is 9.86. The molecule has 12 heavy (non-hydrogen) atoms. The van der Waals surface area contributed by atoms with Crippen molar-refractivity contribution in [1.82, 2.24) is 0 Å². The number of aliphatic carboxylic acids is 1. The summed E-state index contributed by atoms with van der Waals surface area (Å²) in [6, 6.07) is 0. The maximum atomic E-state index is 11.0. The molecule has 0 aromatic carbocycles. The van der Waals surface area contributed by atoms with Crippen LogP contribution in [0.2, 0.25) is 0 Å². The largest absolute Gasteiger partial charge is 0.479 e. The van der Waals surface area contributed by atoms with Crippen LogP contribution in [-0.4, -0.2) is 27.6 Å². The number of hydrogen-bond donors (Lipinski definition) is 2. The van der Waals surface area contributed by atoms with Crippen molar-refractivity contribution in [3.8, 4) is 0 Å². The summed E-state index contributed by atoms with van der Waals surface area (Å²) in [5, 5.41) is 17.9. The number of carboxylic acid groups (broad SMARTS) is 1. The first-order valence-electron chi connectivity index (χ1n) is 3.82. The highest BCUT2D eigenvalue weighted by Crippen LogP contribution is 2.18. The summed E-state index contributed by atoms with van der Waals surface area (Å²) in [6.07, 6.45) is 0.241. The van der Waals surface area contributed by atoms with E-state index in [1.165, 1.54) is 6.92 Å². The number of Topliss-reactive ketones (excluding diaryl/α,β-unsaturated/α-hetero) is 1. The monoisotopic (exact) mass is 174 g/mol. The van der Waals surface area contributed by atoms with Crippen molar-refractivity contribution in [3.63, 3.8) is 0 Å². The Morgan fingerprint density at radius 1 is 1.50 bits per heavy atom. The molecule has 0 rings (SSSR count). The highest BCUT2D eigenvalue weighted by molar-refractivity contribution is 5.89. The van der Waals surface area contributed by atoms with Crippen LogP contribution in [0.5, 0.6) is 0 Å². The van der Waals surface area contributed by atoms with E-state index in [4.69, 9.17) is 5.11 Å². The summed E-state index contributed by atoms with van der Waals surface area (Å²) in [5.74, 6) is -2.47. The Morgan fingerprint density at radius 2 is 1.92 bits per heavy atom. The van der Waals surface area contributed by atoms with E-state index >= 15 is 0 Å². The van der Waals surface area contributed by atoms with Crippen molar-refractivity contribution < 1.29 is 19.8 Å². The minimum absolute atomic E-state index is 0.241. The molecule has 2 atom stereocenters. The van der Waals surface area contributed by atoms with Gasteiger partial charge in [-0.05, 0) is 6.92 Å². The van der Waals surface area contributed by atoms with Gasteiger partial charge in [-0.1, -0.05) is 13.8 Å². The van der Waals surface area contributed by atoms with Gasteiger partial charge in [0.05, 0.1) is 5.92 Å². The van der Waals surface area contributed by atoms with Crippen molar-refractivity contribution in [3.05, 3.63) is 0 Å². The molecule has 0 saturated carbocycles. The van der Waals surface area contributed by atoms with E-state index in [0.717, 1.165) is 6.92 Å². The van der Waals surface area contributed by atoms with E-state index < -0.39 is 17.5 Å². The van der Waals surface area contributed by atoms with Gasteiger partial charge >= 0.3 is 5.97 Å². The fraction of sp³-hybridized carbons (Fsp3) is 0.750. The molecule has 0 aliphatic carbocycles. The smallest absolute Gasteiger partial charge is 0.336 e. The van der Waals surface area contributed by atoms with Crippen molar-refractivity contribution >= 4 is 11.8 Å². The number of hydrogen-bond acceptors (Lipinski definition) is 3. The van der Waals surface area contributed by atoms with E-state index in [0.29, 0.717) is 0 Å². The van der Waals surface area contributed by atoms with E-state index in [9.17, 15) is 14.7 Å². The fourth-order valence-electron chi connectivity index (χ4n) is 0.805. The number of carbonyl (C=O) groups is 2. The van der Waals surface area contributed by atoms with E-state index in [2.05, 4.69) is 0 Å². The van der Waals surface area contributed by atoms with Gasteiger partial charge in [0.1, 0.15) is 5.78 Å². The molecule has 0 amide bonds. The quantitative estimate of drug-likeness (QED) is 0.648. The fourth-order valence-corrected chi connectivity index (χ4v) is 0.805. The highest BCUT2D eigenvalue weighted by atomic mass is 16.4. The Balaban J connectivity index is 4.56. The van der Waals surface area contributed by atoms with Gasteiger partial charge in [0, 0.05) is 6.42 Å². The molecule has 2 unspecified atom stereocenters. The van der Waals surface area contributed by atoms with Gasteiger partial charge < -0.3 is 10.2 Å². The summed E-state index contributed by atoms with van der Waals surface area (Å²) in [5.41, 5.74) is -1.95. The second kappa shape index (κ2) is 3.67. The number of rotatable bonds is 4. The first kappa shape index (κ1) is 11.1. The number of carbonyl (C=O) groups excluding carboxylic acids is 1. The average Bonchev–Trinajstić information content (AvgIpc) is 2.01. The molecule has 0 spiro atoms. The molecule has 0 aliphatic heterocycles. The Morgan fingerprint density at radius 3 is 2.17 bits per heavy atom. The molecule has 4 heteroatoms. The first-order chi connectivity index (χ1) is 5.34. The minimum Gasteiger partial charge on any atom is -0.479 e. The summed E-state index contributed by atoms with van der Waals surface area (Å²) in [4.78, 5) is 21.5. The lowest BCUT2D eigenvalue weighted by Crippen LogP contribution is -2.44. The van der Waals surface area contributed by atoms with Gasteiger partial charge in [-0.2, -0.15) is 0 Å². The van der Waals surface area contributed by atoms with E-state index in [1.54, 1.807) is 6.92 Å². The second-order valence-electron chi connectivity index (χ2n) is 2.99. The van der Waals surface area contributed by atoms with Gasteiger partial charge in [0.15, 0.2) is 5.60 Å². The normalized spacial score (nSPS) is 18.0. The zero-order chi connectivity index (χ0) is 9.94. The third kappa shape index (κ3) is 2.04. The van der Waals surface area contributed by atoms with Crippen LogP contribution in [0.3, 0.4) is 0 Å². The van der Waals surface area contributed by atoms with Gasteiger partial charge in [-0.25, -0.2) is 4.79 Å². The molecule has 0 radical (unpaired) electrons. The standard InChI is InChI=1S/C8H14O4/c1-4-6(9)5(2)8(3,12)7(10)11/h5,12H,4H2,1-3H3,(H,10,11). The molecule has 0 saturated heterocycles. The topological polar surface area (TPSA) is 74.6 Å². The van der Waals surface area contributed by atoms with Gasteiger partial charge in [0.25, 0.3) is 0 Å². The van der Waals surface area contributed by atoms with Crippen LogP contribution in [0.4, 0.5) is 0 Å². The van der Waals surface area contributed by atoms with Crippen LogP contribution in [-0.2, 0) is 9.59 Å². The Labute approximate surface area is 71.2 Å². The molecule has 0 heterocycles. The summed E-state index contributed by atoms with van der Waals surface area (Å²) in [6.45, 7) is 4.18. The van der Waals surface area contributed by atoms with E-state index in [-0.39, 0.29) is 12.2 Å². The van der Waals surface area contributed by atoms with Crippen LogP contribution < -0.4 is 0 Å². The molecule has 0 fully saturated rings. The van der Waals surface area contributed by atoms with Crippen molar-refractivity contribution in [2.45, 2.75) is 32.8 Å². The summed E-state index contributed by atoms with van der Waals surface area (Å²) in [7, 11) is 0. The first-order valence-corrected chi connectivity index (χ1v) is 3.82. The summed E-state index contributed by atoms with van der Waals surface area (Å²) < 4.78 is 0. The Kier molecular flexibility index (Phi) is 3.39. The molecule has 0 aromatic heterocycles. The molecule has 70 valence electrons. The zero-order valence-electron chi connectivity index (χ0n) is 7.50. The lowest BCUT2D eigenvalue weighted by molar-refractivity contribution is -0.164. The SMILES string of the molecule is CCC(=O)C(C)C(C)(O)C(=O)O. The lowest BCUT2D eigenvalue weighted by Gasteiger charge is -2.23. The molecule has 0 aromatic rings. The van der Waals surface area contributed by atoms with Gasteiger partial charge in [-0.15, -0.1) is 0 Å². The third-order valence-electron chi connectivity index (χ3n) is 2.11. The van der Waals surface area contributed by atoms with Crippen LogP contribution in [0.1, 0.15) is 27.2 Å². The molecular formula is C8H14O4. The number of carboxylic acids is 1. The maximum absolute atomic E-state index is 11.0. The molecule has 2 N–H and O–H groups in total. The number of aliphatic hydroxyl groups is 1. The van der Waals surface area contributed by atoms with Crippen molar-refractivity contribution in [2.75, 3.05) is 0 Å². The molecule has 0 aliphatic rings. The molecule has 0 bridgehead atoms. The zero-order valence-corrected chi connectivity index (χ0v) is 7.50. The highest BCUT2D eigenvalue weighted by Gasteiger charge is 2.39. The van der Waals surface area contributed by atoms with E-state index in [1.807, 2.05) is 0 Å². The van der Waals surface area contributed by atoms with Crippen LogP contribution in [0.25, 0.3) is 0 Å². The minimum atomic E-state index is -1.95. The maximum Gasteiger partial charge on any atom is 0.336 e. The number of ketones is 1. The van der Waals surface area contributed by atoms with Crippen LogP contribution in [0.15, 0.2) is 0 Å². The Bertz CT molecular complexity index is 195. The average molecular weight is 174 g/mol. The summed E-state index contributed by atoms with van der Waals surface area (Å²) >= 11 is 0. The van der Waals surface area contributed by atoms with Gasteiger partial charge in [0.2, 0.25) is 0 Å². The van der Waals surface area contributed by atoms with Crippen molar-refractivity contribution in [1.29, 1.82) is 0 Å². The third-order valence-corrected chi connectivity index (χ3v) is 2.11. The van der Waals surface area contributed by atoms with Crippen LogP contribution >= 0.6 is 0 Å².